The van der Waals surface area contributed by atoms with Gasteiger partial charge in [-0.1, -0.05) is 31.4 Å². The van der Waals surface area contributed by atoms with Gasteiger partial charge in [-0.05, 0) is 30.7 Å². The number of anilines is 1. The fourth-order valence-electron chi connectivity index (χ4n) is 2.31. The lowest BCUT2D eigenvalue weighted by molar-refractivity contribution is 0.300. The van der Waals surface area contributed by atoms with Gasteiger partial charge in [0.1, 0.15) is 0 Å². The lowest BCUT2D eigenvalue weighted by atomic mass is 9.83. The quantitative estimate of drug-likeness (QED) is 0.862. The summed E-state index contributed by atoms with van der Waals surface area (Å²) in [4.78, 5) is 3.98. The topological polar surface area (TPSA) is 24.9 Å². The maximum Gasteiger partial charge on any atom is 0.0820 e. The van der Waals surface area contributed by atoms with E-state index in [4.69, 9.17) is 11.6 Å². The summed E-state index contributed by atoms with van der Waals surface area (Å²) in [5.41, 5.74) is 1.01. The standard InChI is InChI=1S/C13H19ClN2/c1-10-2-4-11(5-3-10)8-16-13-6-7-15-9-12(13)14/h6-7,9-11H,2-5,8H2,1H3,(H,15,16). The zero-order chi connectivity index (χ0) is 11.4. The Labute approximate surface area is 102 Å². The Balaban J connectivity index is 1.81. The second-order valence-electron chi connectivity index (χ2n) is 4.86. The molecule has 1 fully saturated rings. The molecule has 1 aromatic rings. The molecular weight excluding hydrogens is 220 g/mol. The number of pyridine rings is 1. The molecular formula is C13H19ClN2. The summed E-state index contributed by atoms with van der Waals surface area (Å²) in [7, 11) is 0. The van der Waals surface area contributed by atoms with Crippen LogP contribution in [-0.4, -0.2) is 11.5 Å². The second-order valence-corrected chi connectivity index (χ2v) is 5.27. The summed E-state index contributed by atoms with van der Waals surface area (Å²) in [6.07, 6.45) is 8.89. The van der Waals surface area contributed by atoms with Gasteiger partial charge in [-0.3, -0.25) is 4.98 Å². The highest BCUT2D eigenvalue weighted by Crippen LogP contribution is 2.29. The van der Waals surface area contributed by atoms with Gasteiger partial charge in [-0.15, -0.1) is 0 Å². The lowest BCUT2D eigenvalue weighted by Gasteiger charge is -2.26. The van der Waals surface area contributed by atoms with E-state index in [1.165, 1.54) is 25.7 Å². The number of hydrogen-bond donors (Lipinski definition) is 1. The van der Waals surface area contributed by atoms with Gasteiger partial charge in [0.05, 0.1) is 10.7 Å². The zero-order valence-corrected chi connectivity index (χ0v) is 10.5. The van der Waals surface area contributed by atoms with Gasteiger partial charge in [0.15, 0.2) is 0 Å². The first-order valence-corrected chi connectivity index (χ1v) is 6.47. The molecule has 0 spiro atoms. The van der Waals surface area contributed by atoms with Crippen molar-refractivity contribution >= 4 is 17.3 Å². The van der Waals surface area contributed by atoms with Crippen LogP contribution >= 0.6 is 11.6 Å². The lowest BCUT2D eigenvalue weighted by Crippen LogP contribution is -2.20. The average molecular weight is 239 g/mol. The van der Waals surface area contributed by atoms with Crippen LogP contribution in [0.3, 0.4) is 0 Å². The minimum Gasteiger partial charge on any atom is -0.383 e. The fourth-order valence-corrected chi connectivity index (χ4v) is 2.49. The van der Waals surface area contributed by atoms with Gasteiger partial charge >= 0.3 is 0 Å². The van der Waals surface area contributed by atoms with Crippen LogP contribution < -0.4 is 5.32 Å². The first kappa shape index (κ1) is 11.7. The number of nitrogens with zero attached hydrogens (tertiary/aromatic N) is 1. The summed E-state index contributed by atoms with van der Waals surface area (Å²) in [6, 6.07) is 1.94. The number of aromatic nitrogens is 1. The Kier molecular flexibility index (Phi) is 4.05. The summed E-state index contributed by atoms with van der Waals surface area (Å²) < 4.78 is 0. The van der Waals surface area contributed by atoms with E-state index in [-0.39, 0.29) is 0 Å². The van der Waals surface area contributed by atoms with Crippen LogP contribution in [0.5, 0.6) is 0 Å². The van der Waals surface area contributed by atoms with Crippen molar-refractivity contribution in [3.05, 3.63) is 23.5 Å². The Bertz CT molecular complexity index is 332. The van der Waals surface area contributed by atoms with Crippen LogP contribution in [0, 0.1) is 11.8 Å². The molecule has 1 saturated carbocycles. The van der Waals surface area contributed by atoms with Crippen LogP contribution in [0.2, 0.25) is 5.02 Å². The van der Waals surface area contributed by atoms with Gasteiger partial charge in [-0.2, -0.15) is 0 Å². The van der Waals surface area contributed by atoms with Gasteiger partial charge in [-0.25, -0.2) is 0 Å². The van der Waals surface area contributed by atoms with Crippen molar-refractivity contribution in [3.63, 3.8) is 0 Å². The number of halogens is 1. The van der Waals surface area contributed by atoms with Gasteiger partial charge < -0.3 is 5.32 Å². The molecule has 0 radical (unpaired) electrons. The highest BCUT2D eigenvalue weighted by molar-refractivity contribution is 6.33. The predicted molar refractivity (Wildman–Crippen MR) is 68.9 cm³/mol. The third kappa shape index (κ3) is 3.11. The number of nitrogens with one attached hydrogen (secondary N) is 1. The minimum atomic E-state index is 0.715. The van der Waals surface area contributed by atoms with Crippen molar-refractivity contribution in [1.82, 2.24) is 4.98 Å². The molecule has 1 aromatic heterocycles. The third-order valence-corrected chi connectivity index (χ3v) is 3.79. The summed E-state index contributed by atoms with van der Waals surface area (Å²) in [5, 5.41) is 4.14. The van der Waals surface area contributed by atoms with E-state index < -0.39 is 0 Å². The van der Waals surface area contributed by atoms with Crippen molar-refractivity contribution in [2.24, 2.45) is 11.8 Å². The molecule has 3 heteroatoms. The molecule has 0 aliphatic heterocycles. The van der Waals surface area contributed by atoms with E-state index in [2.05, 4.69) is 17.2 Å². The molecule has 0 amide bonds. The van der Waals surface area contributed by atoms with Gasteiger partial charge in [0.2, 0.25) is 0 Å². The largest absolute Gasteiger partial charge is 0.383 e. The van der Waals surface area contributed by atoms with E-state index in [1.807, 2.05) is 6.07 Å². The molecule has 1 N–H and O–H groups in total. The molecule has 1 heterocycles. The monoisotopic (exact) mass is 238 g/mol. The van der Waals surface area contributed by atoms with Crippen LogP contribution in [-0.2, 0) is 0 Å². The summed E-state index contributed by atoms with van der Waals surface area (Å²) in [6.45, 7) is 3.39. The molecule has 0 saturated heterocycles. The normalized spacial score (nSPS) is 25.4. The molecule has 0 unspecified atom stereocenters. The molecule has 0 aromatic carbocycles. The number of hydrogen-bond acceptors (Lipinski definition) is 2. The Morgan fingerprint density at radius 2 is 2.12 bits per heavy atom. The van der Waals surface area contributed by atoms with E-state index in [9.17, 15) is 0 Å². The maximum absolute atomic E-state index is 6.04. The van der Waals surface area contributed by atoms with Gasteiger partial charge in [0.25, 0.3) is 0 Å². The minimum absolute atomic E-state index is 0.715. The highest BCUT2D eigenvalue weighted by Gasteiger charge is 2.17. The van der Waals surface area contributed by atoms with E-state index in [1.54, 1.807) is 12.4 Å². The van der Waals surface area contributed by atoms with Crippen molar-refractivity contribution in [2.45, 2.75) is 32.6 Å². The van der Waals surface area contributed by atoms with Crippen LogP contribution in [0.4, 0.5) is 5.69 Å². The van der Waals surface area contributed by atoms with E-state index in [0.717, 1.165) is 24.1 Å². The highest BCUT2D eigenvalue weighted by atomic mass is 35.5. The summed E-state index contributed by atoms with van der Waals surface area (Å²) in [5.74, 6) is 1.72. The van der Waals surface area contributed by atoms with E-state index in [0.29, 0.717) is 5.02 Å². The van der Waals surface area contributed by atoms with Crippen LogP contribution in [0.15, 0.2) is 18.5 Å². The maximum atomic E-state index is 6.04. The average Bonchev–Trinajstić information content (AvgIpc) is 2.30. The van der Waals surface area contributed by atoms with Crippen LogP contribution in [0.25, 0.3) is 0 Å². The Hall–Kier alpha value is -0.760. The smallest absolute Gasteiger partial charge is 0.0820 e. The fraction of sp³-hybridized carbons (Fsp3) is 0.615. The molecule has 1 aliphatic carbocycles. The van der Waals surface area contributed by atoms with Crippen molar-refractivity contribution < 1.29 is 0 Å². The first-order valence-electron chi connectivity index (χ1n) is 6.09. The van der Waals surface area contributed by atoms with Gasteiger partial charge in [0, 0.05) is 18.9 Å². The Morgan fingerprint density at radius 3 is 2.81 bits per heavy atom. The zero-order valence-electron chi connectivity index (χ0n) is 9.75. The Morgan fingerprint density at radius 1 is 1.38 bits per heavy atom. The first-order chi connectivity index (χ1) is 7.75. The van der Waals surface area contributed by atoms with E-state index >= 15 is 0 Å². The van der Waals surface area contributed by atoms with Crippen LogP contribution in [0.1, 0.15) is 32.6 Å². The number of rotatable bonds is 3. The molecule has 2 nitrogen and oxygen atoms in total. The summed E-state index contributed by atoms with van der Waals surface area (Å²) >= 11 is 6.04. The van der Waals surface area contributed by atoms with Crippen molar-refractivity contribution in [2.75, 3.05) is 11.9 Å². The molecule has 16 heavy (non-hydrogen) atoms. The third-order valence-electron chi connectivity index (χ3n) is 3.49. The molecule has 0 bridgehead atoms. The predicted octanol–water partition coefficient (Wildman–Crippen LogP) is 3.97. The van der Waals surface area contributed by atoms with Crippen molar-refractivity contribution in [1.29, 1.82) is 0 Å². The SMILES string of the molecule is CC1CCC(CNc2ccncc2Cl)CC1. The molecule has 2 rings (SSSR count). The van der Waals surface area contributed by atoms with Crippen molar-refractivity contribution in [3.8, 4) is 0 Å². The molecule has 1 aliphatic rings. The molecule has 0 atom stereocenters. The second kappa shape index (κ2) is 5.53. The molecule has 88 valence electrons.